The summed E-state index contributed by atoms with van der Waals surface area (Å²) in [7, 11) is 0. The number of hydrogen-bond acceptors (Lipinski definition) is 3. The predicted molar refractivity (Wildman–Crippen MR) is 91.9 cm³/mol. The number of nitrogens with zero attached hydrogens (tertiary/aromatic N) is 2. The van der Waals surface area contributed by atoms with Crippen molar-refractivity contribution in [3.05, 3.63) is 24.3 Å². The van der Waals surface area contributed by atoms with Crippen LogP contribution in [0.2, 0.25) is 0 Å². The van der Waals surface area contributed by atoms with Crippen LogP contribution in [0.4, 0.5) is 11.4 Å². The molecule has 1 saturated heterocycles. The number of nitrogens with one attached hydrogen (secondary N) is 1. The molecule has 0 aromatic heterocycles. The van der Waals surface area contributed by atoms with Gasteiger partial charge in [0.05, 0.1) is 6.54 Å². The molecule has 0 amide bonds. The second-order valence-corrected chi connectivity index (χ2v) is 5.62. The molecule has 1 heterocycles. The molecule has 0 atom stereocenters. The summed E-state index contributed by atoms with van der Waals surface area (Å²) in [5.41, 5.74) is 2.52. The summed E-state index contributed by atoms with van der Waals surface area (Å²) < 4.78 is 0. The molecule has 1 fully saturated rings. The molecular formula is C18H27N3. The summed E-state index contributed by atoms with van der Waals surface area (Å²) in [5.74, 6) is 2.73. The second-order valence-electron chi connectivity index (χ2n) is 5.62. The Bertz CT molecular complexity index is 448. The van der Waals surface area contributed by atoms with E-state index >= 15 is 0 Å². The highest BCUT2D eigenvalue weighted by molar-refractivity contribution is 5.55. The quantitative estimate of drug-likeness (QED) is 0.811. The van der Waals surface area contributed by atoms with E-state index in [9.17, 15) is 0 Å². The van der Waals surface area contributed by atoms with Gasteiger partial charge in [-0.3, -0.25) is 4.90 Å². The van der Waals surface area contributed by atoms with Gasteiger partial charge in [-0.1, -0.05) is 5.92 Å². The Balaban J connectivity index is 1.85. The number of piperidine rings is 1. The Morgan fingerprint density at radius 1 is 1.19 bits per heavy atom. The van der Waals surface area contributed by atoms with Crippen molar-refractivity contribution < 1.29 is 0 Å². The molecule has 1 aromatic carbocycles. The largest absolute Gasteiger partial charge is 0.382 e. The minimum absolute atomic E-state index is 0.568. The SMILES string of the molecule is C#CCN1CCC(Nc2ccc(N(CC)CC)cc2)CC1. The number of hydrogen-bond donors (Lipinski definition) is 1. The van der Waals surface area contributed by atoms with Gasteiger partial charge in [-0.15, -0.1) is 6.42 Å². The van der Waals surface area contributed by atoms with E-state index in [2.05, 4.69) is 59.1 Å². The molecule has 3 heteroatoms. The molecule has 3 nitrogen and oxygen atoms in total. The van der Waals surface area contributed by atoms with Crippen LogP contribution in [-0.4, -0.2) is 43.7 Å². The van der Waals surface area contributed by atoms with Gasteiger partial charge in [-0.2, -0.15) is 0 Å². The average molecular weight is 285 g/mol. The van der Waals surface area contributed by atoms with Crippen molar-refractivity contribution in [2.24, 2.45) is 0 Å². The van der Waals surface area contributed by atoms with Crippen molar-refractivity contribution in [2.45, 2.75) is 32.7 Å². The second kappa shape index (κ2) is 7.95. The van der Waals surface area contributed by atoms with E-state index < -0.39 is 0 Å². The zero-order valence-corrected chi connectivity index (χ0v) is 13.3. The Morgan fingerprint density at radius 3 is 2.33 bits per heavy atom. The molecule has 1 aromatic rings. The van der Waals surface area contributed by atoms with Gasteiger partial charge in [0, 0.05) is 43.6 Å². The van der Waals surface area contributed by atoms with Crippen LogP contribution < -0.4 is 10.2 Å². The van der Waals surface area contributed by atoms with E-state index in [1.54, 1.807) is 0 Å². The first-order chi connectivity index (χ1) is 10.3. The number of likely N-dealkylation sites (tertiary alicyclic amines) is 1. The van der Waals surface area contributed by atoms with Crippen LogP contribution in [0.1, 0.15) is 26.7 Å². The lowest BCUT2D eigenvalue weighted by atomic mass is 10.0. The number of benzene rings is 1. The summed E-state index contributed by atoms with van der Waals surface area (Å²) in [6, 6.07) is 9.38. The van der Waals surface area contributed by atoms with Crippen molar-refractivity contribution in [3.63, 3.8) is 0 Å². The molecular weight excluding hydrogens is 258 g/mol. The number of rotatable bonds is 6. The zero-order chi connectivity index (χ0) is 15.1. The number of anilines is 2. The lowest BCUT2D eigenvalue weighted by Crippen LogP contribution is -2.39. The molecule has 0 saturated carbocycles. The van der Waals surface area contributed by atoms with Gasteiger partial charge in [-0.25, -0.2) is 0 Å². The van der Waals surface area contributed by atoms with Crippen LogP contribution in [0.5, 0.6) is 0 Å². The lowest BCUT2D eigenvalue weighted by Gasteiger charge is -2.31. The molecule has 21 heavy (non-hydrogen) atoms. The fraction of sp³-hybridized carbons (Fsp3) is 0.556. The van der Waals surface area contributed by atoms with E-state index in [1.165, 1.54) is 24.2 Å². The van der Waals surface area contributed by atoms with Crippen molar-refractivity contribution in [1.29, 1.82) is 0 Å². The summed E-state index contributed by atoms with van der Waals surface area (Å²) >= 11 is 0. The van der Waals surface area contributed by atoms with Crippen LogP contribution >= 0.6 is 0 Å². The molecule has 0 unspecified atom stereocenters. The van der Waals surface area contributed by atoms with Gasteiger partial charge in [0.1, 0.15) is 0 Å². The van der Waals surface area contributed by atoms with E-state index in [0.717, 1.165) is 32.7 Å². The Labute approximate surface area is 129 Å². The summed E-state index contributed by atoms with van der Waals surface area (Å²) in [6.07, 6.45) is 7.70. The molecule has 0 aliphatic carbocycles. The smallest absolute Gasteiger partial charge is 0.0598 e. The van der Waals surface area contributed by atoms with E-state index in [0.29, 0.717) is 6.04 Å². The first-order valence-electron chi connectivity index (χ1n) is 8.04. The van der Waals surface area contributed by atoms with E-state index in [4.69, 9.17) is 6.42 Å². The highest BCUT2D eigenvalue weighted by Crippen LogP contribution is 2.20. The fourth-order valence-electron chi connectivity index (χ4n) is 2.96. The van der Waals surface area contributed by atoms with Gasteiger partial charge < -0.3 is 10.2 Å². The van der Waals surface area contributed by atoms with Crippen LogP contribution in [-0.2, 0) is 0 Å². The zero-order valence-electron chi connectivity index (χ0n) is 13.3. The monoisotopic (exact) mass is 285 g/mol. The Hall–Kier alpha value is -1.66. The molecule has 0 radical (unpaired) electrons. The van der Waals surface area contributed by atoms with Crippen LogP contribution in [0.15, 0.2) is 24.3 Å². The lowest BCUT2D eigenvalue weighted by molar-refractivity contribution is 0.243. The number of terminal acetylenes is 1. The molecule has 0 bridgehead atoms. The molecule has 0 spiro atoms. The van der Waals surface area contributed by atoms with Crippen molar-refractivity contribution in [2.75, 3.05) is 42.9 Å². The third kappa shape index (κ3) is 4.41. The minimum Gasteiger partial charge on any atom is -0.382 e. The minimum atomic E-state index is 0.568. The maximum absolute atomic E-state index is 5.37. The maximum atomic E-state index is 5.37. The van der Waals surface area contributed by atoms with E-state index in [-0.39, 0.29) is 0 Å². The molecule has 1 aliphatic rings. The first-order valence-corrected chi connectivity index (χ1v) is 8.04. The highest BCUT2D eigenvalue weighted by Gasteiger charge is 2.18. The van der Waals surface area contributed by atoms with Crippen LogP contribution in [0.3, 0.4) is 0 Å². The third-order valence-electron chi connectivity index (χ3n) is 4.27. The normalized spacial score (nSPS) is 16.4. The van der Waals surface area contributed by atoms with Crippen molar-refractivity contribution in [1.82, 2.24) is 4.90 Å². The highest BCUT2D eigenvalue weighted by atomic mass is 15.1. The van der Waals surface area contributed by atoms with Gasteiger partial charge in [0.25, 0.3) is 0 Å². The van der Waals surface area contributed by atoms with Crippen molar-refractivity contribution >= 4 is 11.4 Å². The topological polar surface area (TPSA) is 18.5 Å². The Kier molecular flexibility index (Phi) is 5.95. The van der Waals surface area contributed by atoms with Gasteiger partial charge in [-0.05, 0) is 51.0 Å². The van der Waals surface area contributed by atoms with Gasteiger partial charge >= 0.3 is 0 Å². The molecule has 1 aliphatic heterocycles. The summed E-state index contributed by atoms with van der Waals surface area (Å²) in [5, 5.41) is 3.65. The van der Waals surface area contributed by atoms with Crippen molar-refractivity contribution in [3.8, 4) is 12.3 Å². The standard InChI is InChI=1S/C18H27N3/c1-4-13-20-14-11-17(12-15-20)19-16-7-9-18(10-8-16)21(5-2)6-3/h1,7-10,17,19H,5-6,11-15H2,2-3H3. The van der Waals surface area contributed by atoms with Gasteiger partial charge in [0.15, 0.2) is 0 Å². The third-order valence-corrected chi connectivity index (χ3v) is 4.27. The summed E-state index contributed by atoms with van der Waals surface area (Å²) in [6.45, 7) is 9.47. The predicted octanol–water partition coefficient (Wildman–Crippen LogP) is 3.04. The molecule has 2 rings (SSSR count). The fourth-order valence-corrected chi connectivity index (χ4v) is 2.96. The molecule has 1 N–H and O–H groups in total. The van der Waals surface area contributed by atoms with Gasteiger partial charge in [0.2, 0.25) is 0 Å². The van der Waals surface area contributed by atoms with E-state index in [1.807, 2.05) is 0 Å². The first kappa shape index (κ1) is 15.7. The Morgan fingerprint density at radius 2 is 1.81 bits per heavy atom. The average Bonchev–Trinajstić information content (AvgIpc) is 2.52. The van der Waals surface area contributed by atoms with Crippen LogP contribution in [0.25, 0.3) is 0 Å². The maximum Gasteiger partial charge on any atom is 0.0598 e. The summed E-state index contributed by atoms with van der Waals surface area (Å²) in [4.78, 5) is 4.71. The molecule has 114 valence electrons. The van der Waals surface area contributed by atoms with Crippen LogP contribution in [0, 0.1) is 12.3 Å².